The second kappa shape index (κ2) is 2.96. The normalized spacial score (nSPS) is 17.5. The number of hydrogen-bond acceptors (Lipinski definition) is 0. The van der Waals surface area contributed by atoms with Crippen molar-refractivity contribution in [2.24, 2.45) is 0 Å². The van der Waals surface area contributed by atoms with Crippen LogP contribution in [0.1, 0.15) is 6.42 Å². The van der Waals surface area contributed by atoms with E-state index >= 15 is 0 Å². The van der Waals surface area contributed by atoms with Gasteiger partial charge in [0.2, 0.25) is 0 Å². The van der Waals surface area contributed by atoms with Crippen molar-refractivity contribution in [2.75, 3.05) is 0 Å². The van der Waals surface area contributed by atoms with Gasteiger partial charge in [0.1, 0.15) is 0 Å². The Kier molecular flexibility index (Phi) is 1.76. The molecule has 0 amide bonds. The van der Waals surface area contributed by atoms with E-state index in [0.29, 0.717) is 0 Å². The summed E-state index contributed by atoms with van der Waals surface area (Å²) in [5.41, 5.74) is 1.61. The second-order valence-corrected chi connectivity index (χ2v) is 6.68. The van der Waals surface area contributed by atoms with Crippen molar-refractivity contribution in [1.29, 1.82) is 0 Å². The zero-order valence-corrected chi connectivity index (χ0v) is 9.75. The van der Waals surface area contributed by atoms with Crippen molar-refractivity contribution in [2.45, 2.75) is 6.42 Å². The molecule has 0 bridgehead atoms. The molecule has 1 heterocycles. The van der Waals surface area contributed by atoms with Gasteiger partial charge in [0, 0.05) is 0 Å². The number of hydrogen-bond donors (Lipinski definition) is 0. The zero-order valence-electron chi connectivity index (χ0n) is 7.20. The van der Waals surface area contributed by atoms with Crippen LogP contribution in [0.2, 0.25) is 0 Å². The van der Waals surface area contributed by atoms with Gasteiger partial charge < -0.3 is 0 Å². The summed E-state index contributed by atoms with van der Waals surface area (Å²) in [7, 11) is 0. The summed E-state index contributed by atoms with van der Waals surface area (Å²) in [6.07, 6.45) is 7.94. The van der Waals surface area contributed by atoms with Crippen LogP contribution in [0.3, 0.4) is 0 Å². The maximum absolute atomic E-state index is 2.32. The fourth-order valence-electron chi connectivity index (χ4n) is 1.86. The molecule has 1 heteroatoms. The molecular formula is C12H9Sb. The maximum atomic E-state index is 2.32. The molecule has 0 spiro atoms. The van der Waals surface area contributed by atoms with E-state index in [9.17, 15) is 0 Å². The third kappa shape index (κ3) is 1.16. The van der Waals surface area contributed by atoms with E-state index in [2.05, 4.69) is 42.5 Å². The summed E-state index contributed by atoms with van der Waals surface area (Å²) < 4.78 is 3.31. The van der Waals surface area contributed by atoms with Gasteiger partial charge in [-0.2, -0.15) is 0 Å². The molecule has 1 aliphatic carbocycles. The van der Waals surface area contributed by atoms with Crippen LogP contribution in [-0.2, 0) is 0 Å². The van der Waals surface area contributed by atoms with Gasteiger partial charge >= 0.3 is 87.5 Å². The van der Waals surface area contributed by atoms with Gasteiger partial charge in [0.05, 0.1) is 0 Å². The topological polar surface area (TPSA) is 0 Å². The third-order valence-corrected chi connectivity index (χ3v) is 6.18. The van der Waals surface area contributed by atoms with Crippen LogP contribution < -0.4 is 5.22 Å². The van der Waals surface area contributed by atoms with Crippen LogP contribution in [0.25, 0.3) is 5.57 Å². The van der Waals surface area contributed by atoms with E-state index in [1.54, 1.807) is 12.2 Å². The third-order valence-electron chi connectivity index (χ3n) is 2.49. The summed E-state index contributed by atoms with van der Waals surface area (Å²) in [4.78, 5) is 0. The van der Waals surface area contributed by atoms with Crippen LogP contribution >= 0.6 is 0 Å². The monoisotopic (exact) mass is 274 g/mol. The van der Waals surface area contributed by atoms with Crippen molar-refractivity contribution in [1.82, 2.24) is 0 Å². The number of allylic oxidation sites excluding steroid dienone is 4. The fraction of sp³-hybridized carbons (Fsp3) is 0.0833. The molecular weight excluding hydrogens is 266 g/mol. The zero-order chi connectivity index (χ0) is 8.67. The quantitative estimate of drug-likeness (QED) is 0.631. The van der Waals surface area contributed by atoms with E-state index in [1.807, 2.05) is 0 Å². The Morgan fingerprint density at radius 3 is 3.08 bits per heavy atom. The first-order chi connectivity index (χ1) is 6.45. The molecule has 1 aromatic carbocycles. The van der Waals surface area contributed by atoms with Gasteiger partial charge in [-0.3, -0.25) is 0 Å². The Bertz CT molecular complexity index is 532. The summed E-state index contributed by atoms with van der Waals surface area (Å²) in [6.45, 7) is 0. The average Bonchev–Trinajstić information content (AvgIpc) is 2.56. The van der Waals surface area contributed by atoms with E-state index < -0.39 is 0 Å². The molecule has 0 unspecified atom stereocenters. The van der Waals surface area contributed by atoms with E-state index in [-0.39, 0.29) is 21.1 Å². The predicted octanol–water partition coefficient (Wildman–Crippen LogP) is 1.65. The molecule has 0 aromatic heterocycles. The Morgan fingerprint density at radius 1 is 1.15 bits per heavy atom. The first kappa shape index (κ1) is 7.76. The molecule has 0 saturated heterocycles. The number of benzene rings is 1. The van der Waals surface area contributed by atoms with E-state index in [4.69, 9.17) is 0 Å². The summed E-state index contributed by atoms with van der Waals surface area (Å²) >= 11 is -0.230. The first-order valence-corrected chi connectivity index (χ1v) is 7.04. The van der Waals surface area contributed by atoms with Crippen LogP contribution in [0.5, 0.6) is 0 Å². The van der Waals surface area contributed by atoms with Crippen LogP contribution in [0.15, 0.2) is 46.0 Å². The van der Waals surface area contributed by atoms with Gasteiger partial charge in [0.25, 0.3) is 0 Å². The molecule has 0 saturated carbocycles. The van der Waals surface area contributed by atoms with Crippen molar-refractivity contribution in [3.05, 3.63) is 54.3 Å². The molecule has 0 nitrogen and oxygen atoms in total. The fourth-order valence-corrected chi connectivity index (χ4v) is 5.45. The molecule has 13 heavy (non-hydrogen) atoms. The van der Waals surface area contributed by atoms with Gasteiger partial charge in [-0.25, -0.2) is 0 Å². The molecule has 0 N–H and O–H groups in total. The second-order valence-electron chi connectivity index (χ2n) is 3.29. The Morgan fingerprint density at radius 2 is 2.08 bits per heavy atom. The molecule has 62 valence electrons. The molecule has 1 aromatic rings. The Balaban J connectivity index is 2.46. The SMILES string of the molecule is C1=CCC2=c3cccc[c]3=[Sb][C]2=C1. The van der Waals surface area contributed by atoms with Crippen molar-refractivity contribution < 1.29 is 0 Å². The average molecular weight is 275 g/mol. The van der Waals surface area contributed by atoms with E-state index in [0.717, 1.165) is 6.42 Å². The Labute approximate surface area is 87.3 Å². The molecule has 0 fully saturated rings. The standard InChI is InChI=1S/C12H9.Sb/c1-3-7-11(8-4-1)12-9-5-2-6-10-12;/h1-7H,9H2;. The van der Waals surface area contributed by atoms with Crippen LogP contribution in [0, 0.1) is 3.09 Å². The van der Waals surface area contributed by atoms with Gasteiger partial charge in [-0.15, -0.1) is 0 Å². The first-order valence-electron chi connectivity index (χ1n) is 4.49. The van der Waals surface area contributed by atoms with Crippen molar-refractivity contribution >= 4 is 26.7 Å². The molecule has 2 aliphatic rings. The number of rotatable bonds is 0. The minimum atomic E-state index is -0.230. The van der Waals surface area contributed by atoms with Crippen LogP contribution in [-0.4, -0.2) is 21.1 Å². The number of fused-ring (bicyclic) bond motifs is 2. The van der Waals surface area contributed by atoms with Crippen molar-refractivity contribution in [3.63, 3.8) is 0 Å². The Hall–Kier alpha value is -0.612. The van der Waals surface area contributed by atoms with Gasteiger partial charge in [0.15, 0.2) is 0 Å². The molecule has 3 rings (SSSR count). The summed E-state index contributed by atoms with van der Waals surface area (Å²) in [5.74, 6) is 0. The van der Waals surface area contributed by atoms with Crippen molar-refractivity contribution in [3.8, 4) is 0 Å². The minimum absolute atomic E-state index is 0.230. The summed E-state index contributed by atoms with van der Waals surface area (Å²) in [5, 5.41) is 1.54. The van der Waals surface area contributed by atoms with E-state index in [1.165, 1.54) is 5.22 Å². The summed E-state index contributed by atoms with van der Waals surface area (Å²) in [6, 6.07) is 8.91. The predicted molar refractivity (Wildman–Crippen MR) is 55.9 cm³/mol. The molecule has 0 radical (unpaired) electrons. The molecule has 0 atom stereocenters. The van der Waals surface area contributed by atoms with Gasteiger partial charge in [-0.05, 0) is 0 Å². The van der Waals surface area contributed by atoms with Crippen LogP contribution in [0.4, 0.5) is 0 Å². The molecule has 1 aliphatic heterocycles. The van der Waals surface area contributed by atoms with Gasteiger partial charge in [-0.1, -0.05) is 0 Å².